The van der Waals surface area contributed by atoms with E-state index < -0.39 is 0 Å². The first-order valence-corrected chi connectivity index (χ1v) is 9.30. The van der Waals surface area contributed by atoms with Crippen molar-refractivity contribution in [2.45, 2.75) is 27.7 Å². The molecule has 0 bridgehead atoms. The van der Waals surface area contributed by atoms with Gasteiger partial charge in [0, 0.05) is 38.9 Å². The Balaban J connectivity index is 0.000000200. The minimum atomic E-state index is 0. The molecule has 0 saturated carbocycles. The van der Waals surface area contributed by atoms with Gasteiger partial charge in [0.2, 0.25) is 0 Å². The van der Waals surface area contributed by atoms with Crippen molar-refractivity contribution in [3.05, 3.63) is 83.4 Å². The quantitative estimate of drug-likeness (QED) is 0.321. The van der Waals surface area contributed by atoms with Gasteiger partial charge >= 0.3 is 21.1 Å². The van der Waals surface area contributed by atoms with Crippen LogP contribution in [0.2, 0.25) is 0 Å². The SMILES string of the molecule is Cc1c[c-]c(-c2nccn2C)c(C)c1.Cc1c[c-]c(-c2nccn2C)c(C)c1.[Pt+2]. The van der Waals surface area contributed by atoms with E-state index in [0.29, 0.717) is 0 Å². The minimum absolute atomic E-state index is 0. The first-order valence-electron chi connectivity index (χ1n) is 9.30. The van der Waals surface area contributed by atoms with Crippen LogP contribution < -0.4 is 0 Å². The summed E-state index contributed by atoms with van der Waals surface area (Å²) in [5.41, 5.74) is 7.09. The van der Waals surface area contributed by atoms with Gasteiger partial charge in [0.1, 0.15) is 0 Å². The molecule has 2 aromatic heterocycles. The molecule has 0 aliphatic carbocycles. The molecule has 2 heterocycles. The molecule has 2 aromatic carbocycles. The van der Waals surface area contributed by atoms with E-state index in [1.54, 1.807) is 0 Å². The maximum atomic E-state index is 4.31. The van der Waals surface area contributed by atoms with Crippen molar-refractivity contribution in [3.63, 3.8) is 0 Å². The zero-order valence-corrected chi connectivity index (χ0v) is 20.0. The van der Waals surface area contributed by atoms with Crippen molar-refractivity contribution < 1.29 is 21.1 Å². The number of hydrogen-bond donors (Lipinski definition) is 0. The van der Waals surface area contributed by atoms with E-state index in [4.69, 9.17) is 0 Å². The van der Waals surface area contributed by atoms with Gasteiger partial charge in [-0.1, -0.05) is 27.7 Å². The van der Waals surface area contributed by atoms with E-state index in [2.05, 4.69) is 61.9 Å². The van der Waals surface area contributed by atoms with E-state index >= 15 is 0 Å². The van der Waals surface area contributed by atoms with Gasteiger partial charge in [-0.05, 0) is 0 Å². The number of nitrogens with zero attached hydrogens (tertiary/aromatic N) is 4. The van der Waals surface area contributed by atoms with Crippen molar-refractivity contribution in [1.29, 1.82) is 0 Å². The molecule has 29 heavy (non-hydrogen) atoms. The fourth-order valence-electron chi connectivity index (χ4n) is 3.21. The predicted molar refractivity (Wildman–Crippen MR) is 114 cm³/mol. The summed E-state index contributed by atoms with van der Waals surface area (Å²) in [6, 6.07) is 14.8. The Bertz CT molecular complexity index is 1000. The van der Waals surface area contributed by atoms with Crippen molar-refractivity contribution in [3.8, 4) is 22.8 Å². The van der Waals surface area contributed by atoms with Crippen molar-refractivity contribution >= 4 is 0 Å². The van der Waals surface area contributed by atoms with Crippen LogP contribution in [0.25, 0.3) is 22.8 Å². The summed E-state index contributed by atoms with van der Waals surface area (Å²) in [5, 5.41) is 0. The Morgan fingerprint density at radius 2 is 1.07 bits per heavy atom. The normalized spacial score (nSPS) is 10.1. The third kappa shape index (κ3) is 5.33. The van der Waals surface area contributed by atoms with Gasteiger partial charge in [0.15, 0.2) is 0 Å². The molecule has 0 unspecified atom stereocenters. The van der Waals surface area contributed by atoms with Gasteiger partial charge in [-0.3, -0.25) is 9.97 Å². The summed E-state index contributed by atoms with van der Waals surface area (Å²) >= 11 is 0. The van der Waals surface area contributed by atoms with Gasteiger partial charge < -0.3 is 9.13 Å². The molecule has 5 heteroatoms. The number of aromatic nitrogens is 4. The Hall–Kier alpha value is -2.45. The maximum Gasteiger partial charge on any atom is 2.00 e. The summed E-state index contributed by atoms with van der Waals surface area (Å²) in [5.74, 6) is 1.95. The number of hydrogen-bond acceptors (Lipinski definition) is 2. The molecule has 0 radical (unpaired) electrons. The summed E-state index contributed by atoms with van der Waals surface area (Å²) < 4.78 is 4.02. The molecule has 0 fully saturated rings. The topological polar surface area (TPSA) is 35.6 Å². The van der Waals surface area contributed by atoms with Crippen LogP contribution in [-0.2, 0) is 35.2 Å². The first-order chi connectivity index (χ1) is 13.4. The van der Waals surface area contributed by atoms with Crippen molar-refractivity contribution in [2.75, 3.05) is 0 Å². The van der Waals surface area contributed by atoms with E-state index in [1.807, 2.05) is 60.1 Å². The fourth-order valence-corrected chi connectivity index (χ4v) is 3.21. The fraction of sp³-hybridized carbons (Fsp3) is 0.250. The van der Waals surface area contributed by atoms with Crippen LogP contribution in [0.15, 0.2) is 49.1 Å². The van der Waals surface area contributed by atoms with Crippen LogP contribution in [0, 0.1) is 39.8 Å². The molecule has 0 amide bonds. The molecular weight excluding hydrogens is 539 g/mol. The van der Waals surface area contributed by atoms with E-state index in [1.165, 1.54) is 22.3 Å². The standard InChI is InChI=1S/2C12H13N2.Pt/c2*1-9-4-5-11(10(2)8-9)12-13-6-7-14(12)3;/h2*4,6-8H,1-3H3;/q2*-1;+2. The summed E-state index contributed by atoms with van der Waals surface area (Å²) in [7, 11) is 3.99. The average molecular weight is 566 g/mol. The molecular formula is C24H26N4Pt. The number of benzene rings is 2. The second-order valence-corrected chi connectivity index (χ2v) is 7.19. The predicted octanol–water partition coefficient (Wildman–Crippen LogP) is 5.01. The van der Waals surface area contributed by atoms with Gasteiger partial charge in [0.05, 0.1) is 11.6 Å². The summed E-state index contributed by atoms with van der Waals surface area (Å²) in [6.45, 7) is 8.33. The smallest absolute Gasteiger partial charge is 0.373 e. The van der Waals surface area contributed by atoms with Gasteiger partial charge in [-0.25, -0.2) is 0 Å². The van der Waals surface area contributed by atoms with Crippen LogP contribution in [0.5, 0.6) is 0 Å². The van der Waals surface area contributed by atoms with Gasteiger partial charge in [-0.15, -0.1) is 69.8 Å². The monoisotopic (exact) mass is 565 g/mol. The minimum Gasteiger partial charge on any atom is -0.373 e. The maximum absolute atomic E-state index is 4.31. The zero-order chi connectivity index (χ0) is 20.3. The Morgan fingerprint density at radius 1 is 0.690 bits per heavy atom. The largest absolute Gasteiger partial charge is 2.00 e. The molecule has 0 aliphatic rings. The number of aryl methyl sites for hydroxylation is 6. The average Bonchev–Trinajstić information content (AvgIpc) is 3.24. The van der Waals surface area contributed by atoms with Crippen LogP contribution in [0.3, 0.4) is 0 Å². The second kappa shape index (κ2) is 9.84. The van der Waals surface area contributed by atoms with Gasteiger partial charge in [-0.2, -0.15) is 0 Å². The Labute approximate surface area is 187 Å². The molecule has 0 spiro atoms. The van der Waals surface area contributed by atoms with E-state index in [9.17, 15) is 0 Å². The van der Waals surface area contributed by atoms with Crippen LogP contribution in [0.4, 0.5) is 0 Å². The third-order valence-corrected chi connectivity index (χ3v) is 4.65. The molecule has 0 saturated heterocycles. The van der Waals surface area contributed by atoms with Crippen LogP contribution >= 0.6 is 0 Å². The number of rotatable bonds is 2. The summed E-state index contributed by atoms with van der Waals surface area (Å²) in [4.78, 5) is 8.62. The van der Waals surface area contributed by atoms with Crippen molar-refractivity contribution in [2.24, 2.45) is 14.1 Å². The molecule has 4 nitrogen and oxygen atoms in total. The molecule has 4 aromatic rings. The number of imidazole rings is 2. The van der Waals surface area contributed by atoms with Crippen molar-refractivity contribution in [1.82, 2.24) is 19.1 Å². The molecule has 0 atom stereocenters. The third-order valence-electron chi connectivity index (χ3n) is 4.65. The summed E-state index contributed by atoms with van der Waals surface area (Å²) in [6.07, 6.45) is 7.51. The van der Waals surface area contributed by atoms with Crippen LogP contribution in [-0.4, -0.2) is 19.1 Å². The molecule has 152 valence electrons. The second-order valence-electron chi connectivity index (χ2n) is 7.19. The zero-order valence-electron chi connectivity index (χ0n) is 17.7. The molecule has 4 rings (SSSR count). The Kier molecular flexibility index (Phi) is 7.75. The molecule has 0 N–H and O–H groups in total. The molecule has 0 aliphatic heterocycles. The van der Waals surface area contributed by atoms with Crippen LogP contribution in [0.1, 0.15) is 22.3 Å². The van der Waals surface area contributed by atoms with E-state index in [0.717, 1.165) is 22.8 Å². The van der Waals surface area contributed by atoms with Gasteiger partial charge in [0.25, 0.3) is 0 Å². The van der Waals surface area contributed by atoms with E-state index in [-0.39, 0.29) is 21.1 Å². The first kappa shape index (κ1) is 22.8. The Morgan fingerprint density at radius 3 is 1.34 bits per heavy atom.